The molecule has 0 heterocycles. The Bertz CT molecular complexity index is 1150. The van der Waals surface area contributed by atoms with Crippen molar-refractivity contribution >= 4 is 11.9 Å². The number of allylic oxidation sites excluding steroid dienone is 5. The van der Waals surface area contributed by atoms with Crippen molar-refractivity contribution < 1.29 is 24.5 Å². The zero-order valence-electron chi connectivity index (χ0n) is 47.7. The number of unbranched alkanes of at least 4 members (excludes halogenated alkanes) is 44. The first kappa shape index (κ1) is 69.1. The quantitative estimate of drug-likeness (QED) is 0.0321. The summed E-state index contributed by atoms with van der Waals surface area (Å²) in [7, 11) is 0. The maximum atomic E-state index is 12.5. The maximum absolute atomic E-state index is 12.5. The summed E-state index contributed by atoms with van der Waals surface area (Å²) in [5.41, 5.74) is 0. The highest BCUT2D eigenvalue weighted by Gasteiger charge is 2.18. The first-order chi connectivity index (χ1) is 35.0. The molecular weight excluding hydrogens is 875 g/mol. The molecule has 0 fully saturated rings. The van der Waals surface area contributed by atoms with Crippen molar-refractivity contribution in [1.29, 1.82) is 0 Å². The van der Waals surface area contributed by atoms with Gasteiger partial charge in [-0.2, -0.15) is 0 Å². The first-order valence-electron chi connectivity index (χ1n) is 31.8. The summed E-state index contributed by atoms with van der Waals surface area (Å²) < 4.78 is 5.49. The number of hydrogen-bond acceptors (Lipinski definition) is 5. The fourth-order valence-electron chi connectivity index (χ4n) is 9.74. The Balaban J connectivity index is 3.45. The highest BCUT2D eigenvalue weighted by atomic mass is 16.5. The Labute approximate surface area is 443 Å². The number of carbonyl (C=O) groups is 2. The van der Waals surface area contributed by atoms with Crippen LogP contribution in [0, 0.1) is 0 Å². The molecule has 0 aliphatic carbocycles. The van der Waals surface area contributed by atoms with Crippen LogP contribution in [-0.2, 0) is 14.3 Å². The van der Waals surface area contributed by atoms with Crippen molar-refractivity contribution in [2.75, 3.05) is 13.2 Å². The minimum Gasteiger partial charge on any atom is -0.466 e. The van der Waals surface area contributed by atoms with Gasteiger partial charge in [0, 0.05) is 12.8 Å². The average Bonchev–Trinajstić information content (AvgIpc) is 3.37. The Morgan fingerprint density at radius 1 is 0.380 bits per heavy atom. The lowest BCUT2D eigenvalue weighted by atomic mass is 10.0. The summed E-state index contributed by atoms with van der Waals surface area (Å²) in [6.07, 6.45) is 76.1. The molecule has 0 aromatic rings. The van der Waals surface area contributed by atoms with Gasteiger partial charge < -0.3 is 20.3 Å². The number of hydrogen-bond donors (Lipinski definition) is 3. The summed E-state index contributed by atoms with van der Waals surface area (Å²) >= 11 is 0. The molecule has 0 aliphatic rings. The van der Waals surface area contributed by atoms with E-state index in [1.54, 1.807) is 6.08 Å². The number of nitrogens with one attached hydrogen (secondary N) is 1. The summed E-state index contributed by atoms with van der Waals surface area (Å²) in [6.45, 7) is 4.91. The van der Waals surface area contributed by atoms with Crippen molar-refractivity contribution in [2.45, 2.75) is 353 Å². The van der Waals surface area contributed by atoms with Crippen LogP contribution < -0.4 is 5.32 Å². The Morgan fingerprint density at radius 2 is 0.662 bits per heavy atom. The van der Waals surface area contributed by atoms with Gasteiger partial charge in [0.2, 0.25) is 5.91 Å². The largest absolute Gasteiger partial charge is 0.466 e. The third-order valence-corrected chi connectivity index (χ3v) is 14.6. The van der Waals surface area contributed by atoms with Gasteiger partial charge in [-0.15, -0.1) is 0 Å². The van der Waals surface area contributed by atoms with Crippen LogP contribution in [0.15, 0.2) is 36.5 Å². The van der Waals surface area contributed by atoms with Gasteiger partial charge in [-0.25, -0.2) is 0 Å². The smallest absolute Gasteiger partial charge is 0.305 e. The molecule has 0 radical (unpaired) electrons. The molecule has 3 N–H and O–H groups in total. The van der Waals surface area contributed by atoms with Gasteiger partial charge >= 0.3 is 5.97 Å². The predicted molar refractivity (Wildman–Crippen MR) is 310 cm³/mol. The van der Waals surface area contributed by atoms with Gasteiger partial charge in [0.05, 0.1) is 25.4 Å². The molecule has 0 aromatic heterocycles. The summed E-state index contributed by atoms with van der Waals surface area (Å²) in [4.78, 5) is 24.6. The number of rotatable bonds is 59. The zero-order chi connectivity index (χ0) is 51.4. The molecule has 2 unspecified atom stereocenters. The van der Waals surface area contributed by atoms with E-state index >= 15 is 0 Å². The van der Waals surface area contributed by atoms with Crippen LogP contribution in [0.4, 0.5) is 0 Å². The van der Waals surface area contributed by atoms with Crippen molar-refractivity contribution in [3.05, 3.63) is 36.5 Å². The van der Waals surface area contributed by atoms with Crippen LogP contribution in [-0.4, -0.2) is 47.4 Å². The predicted octanol–water partition coefficient (Wildman–Crippen LogP) is 20.0. The molecule has 0 spiro atoms. The number of aliphatic hydroxyl groups is 2. The highest BCUT2D eigenvalue weighted by Crippen LogP contribution is 2.17. The van der Waals surface area contributed by atoms with Crippen LogP contribution in [0.3, 0.4) is 0 Å². The van der Waals surface area contributed by atoms with E-state index in [2.05, 4.69) is 43.5 Å². The van der Waals surface area contributed by atoms with E-state index < -0.39 is 12.1 Å². The molecule has 0 aliphatic heterocycles. The first-order valence-corrected chi connectivity index (χ1v) is 31.8. The minimum absolute atomic E-state index is 0.00238. The molecule has 71 heavy (non-hydrogen) atoms. The van der Waals surface area contributed by atoms with Crippen LogP contribution in [0.25, 0.3) is 0 Å². The second-order valence-electron chi connectivity index (χ2n) is 21.7. The van der Waals surface area contributed by atoms with E-state index in [0.717, 1.165) is 51.4 Å². The standard InChI is InChI=1S/C65H123NO5/c1-3-5-7-9-11-13-15-17-19-25-29-33-37-41-45-49-53-57-63(68)62(61-67)66-64(69)58-54-50-46-42-38-34-30-27-23-21-22-24-28-32-36-40-44-48-52-56-60-71-65(70)59-55-51-47-43-39-35-31-26-20-18-16-14-12-10-8-6-4-2/h18,20-21,23,53,57,62-63,67-68H,3-17,19,22,24-52,54-56,58-61H2,1-2H3,(H,66,69)/b20-18-,23-21-,57-53+. The van der Waals surface area contributed by atoms with E-state index in [-0.39, 0.29) is 18.5 Å². The normalized spacial score (nSPS) is 12.8. The van der Waals surface area contributed by atoms with Crippen LogP contribution in [0.1, 0.15) is 341 Å². The lowest BCUT2D eigenvalue weighted by molar-refractivity contribution is -0.143. The lowest BCUT2D eigenvalue weighted by Crippen LogP contribution is -2.45. The zero-order valence-corrected chi connectivity index (χ0v) is 47.7. The topological polar surface area (TPSA) is 95.9 Å². The summed E-state index contributed by atoms with van der Waals surface area (Å²) in [6, 6.07) is -0.635. The van der Waals surface area contributed by atoms with Gasteiger partial charge in [-0.05, 0) is 83.5 Å². The number of esters is 1. The second-order valence-corrected chi connectivity index (χ2v) is 21.7. The molecule has 1 amide bonds. The summed E-state index contributed by atoms with van der Waals surface area (Å²) in [5.74, 6) is -0.0726. The molecule has 0 rings (SSSR count). The van der Waals surface area contributed by atoms with E-state index in [0.29, 0.717) is 19.4 Å². The third-order valence-electron chi connectivity index (χ3n) is 14.6. The molecule has 418 valence electrons. The molecule has 0 bridgehead atoms. The number of amides is 1. The molecule has 6 heteroatoms. The molecule has 0 aromatic carbocycles. The van der Waals surface area contributed by atoms with Gasteiger partial charge in [0.15, 0.2) is 0 Å². The van der Waals surface area contributed by atoms with E-state index in [1.807, 2.05) is 6.08 Å². The number of ether oxygens (including phenoxy) is 1. The Morgan fingerprint density at radius 3 is 1.00 bits per heavy atom. The fourth-order valence-corrected chi connectivity index (χ4v) is 9.74. The lowest BCUT2D eigenvalue weighted by Gasteiger charge is -2.20. The van der Waals surface area contributed by atoms with Crippen molar-refractivity contribution in [3.63, 3.8) is 0 Å². The van der Waals surface area contributed by atoms with Crippen LogP contribution >= 0.6 is 0 Å². The average molecular weight is 999 g/mol. The van der Waals surface area contributed by atoms with Gasteiger partial charge in [0.25, 0.3) is 0 Å². The molecular formula is C65H123NO5. The molecule has 6 nitrogen and oxygen atoms in total. The van der Waals surface area contributed by atoms with Gasteiger partial charge in [0.1, 0.15) is 0 Å². The van der Waals surface area contributed by atoms with Crippen molar-refractivity contribution in [2.24, 2.45) is 0 Å². The van der Waals surface area contributed by atoms with Crippen LogP contribution in [0.2, 0.25) is 0 Å². The van der Waals surface area contributed by atoms with Gasteiger partial charge in [-0.1, -0.05) is 281 Å². The van der Waals surface area contributed by atoms with E-state index in [4.69, 9.17) is 4.74 Å². The van der Waals surface area contributed by atoms with Crippen LogP contribution in [0.5, 0.6) is 0 Å². The Kier molecular flexibility index (Phi) is 59.0. The maximum Gasteiger partial charge on any atom is 0.305 e. The molecule has 0 saturated heterocycles. The van der Waals surface area contributed by atoms with E-state index in [1.165, 1.54) is 263 Å². The molecule has 2 atom stereocenters. The van der Waals surface area contributed by atoms with Crippen molar-refractivity contribution in [3.8, 4) is 0 Å². The van der Waals surface area contributed by atoms with Crippen molar-refractivity contribution in [1.82, 2.24) is 5.32 Å². The molecule has 0 saturated carbocycles. The fraction of sp³-hybridized carbons (Fsp3) is 0.877. The SMILES string of the molecule is CCCCCCCC/C=C\CCCCCCCCCC(=O)OCCCCCCCCCCC/C=C\CCCCCCCCCC(=O)NC(CO)C(O)/C=C/CCCCCCCCCCCCCCCCC. The van der Waals surface area contributed by atoms with E-state index in [9.17, 15) is 19.8 Å². The Hall–Kier alpha value is -1.92. The number of carbonyl (C=O) groups excluding carboxylic acids is 2. The highest BCUT2D eigenvalue weighted by molar-refractivity contribution is 5.76. The van der Waals surface area contributed by atoms with Gasteiger partial charge in [-0.3, -0.25) is 9.59 Å². The third kappa shape index (κ3) is 57.2. The minimum atomic E-state index is -0.851. The number of aliphatic hydroxyl groups excluding tert-OH is 2. The second kappa shape index (κ2) is 60.6. The summed E-state index contributed by atoms with van der Waals surface area (Å²) in [5, 5.41) is 23.2. The monoisotopic (exact) mass is 998 g/mol.